The van der Waals surface area contributed by atoms with Gasteiger partial charge in [-0.05, 0) is 30.2 Å². The van der Waals surface area contributed by atoms with Gasteiger partial charge in [-0.2, -0.15) is 0 Å². The molecular weight excluding hydrogens is 250 g/mol. The van der Waals surface area contributed by atoms with E-state index in [4.69, 9.17) is 10.9 Å². The summed E-state index contributed by atoms with van der Waals surface area (Å²) in [5.41, 5.74) is 7.30. The lowest BCUT2D eigenvalue weighted by molar-refractivity contribution is 0.314. The first-order chi connectivity index (χ1) is 9.50. The second-order valence-electron chi connectivity index (χ2n) is 6.53. The van der Waals surface area contributed by atoms with Gasteiger partial charge in [0.05, 0.1) is 0 Å². The van der Waals surface area contributed by atoms with Gasteiger partial charge in [-0.1, -0.05) is 49.3 Å². The molecular formula is C16H25N3O. The van der Waals surface area contributed by atoms with Crippen LogP contribution in [0.25, 0.3) is 0 Å². The van der Waals surface area contributed by atoms with Crippen molar-refractivity contribution in [2.75, 3.05) is 0 Å². The van der Waals surface area contributed by atoms with Gasteiger partial charge in [0.2, 0.25) is 0 Å². The summed E-state index contributed by atoms with van der Waals surface area (Å²) in [5.74, 6) is 0.267. The molecule has 0 amide bonds. The molecule has 1 aliphatic rings. The predicted octanol–water partition coefficient (Wildman–Crippen LogP) is 3.03. The number of hydrogen-bond donors (Lipinski definition) is 3. The fraction of sp³-hybridized carbons (Fsp3) is 0.562. The maximum atomic E-state index is 8.81. The van der Waals surface area contributed by atoms with Gasteiger partial charge in [-0.3, -0.25) is 0 Å². The van der Waals surface area contributed by atoms with E-state index in [2.05, 4.69) is 36.5 Å². The third kappa shape index (κ3) is 3.97. The van der Waals surface area contributed by atoms with Crippen LogP contribution in [0, 0.1) is 5.41 Å². The minimum atomic E-state index is 0.103. The molecule has 0 radical (unpaired) electrons. The predicted molar refractivity (Wildman–Crippen MR) is 81.8 cm³/mol. The molecule has 0 saturated heterocycles. The number of nitrogens with one attached hydrogen (secondary N) is 1. The molecule has 1 fully saturated rings. The Hall–Kier alpha value is -1.55. The van der Waals surface area contributed by atoms with E-state index >= 15 is 0 Å². The molecule has 0 aromatic heterocycles. The van der Waals surface area contributed by atoms with Gasteiger partial charge >= 0.3 is 0 Å². The molecule has 4 N–H and O–H groups in total. The smallest absolute Gasteiger partial charge is 0.141 e. The summed E-state index contributed by atoms with van der Waals surface area (Å²) in [4.78, 5) is 0. The zero-order valence-corrected chi connectivity index (χ0v) is 12.3. The van der Waals surface area contributed by atoms with Gasteiger partial charge in [0.25, 0.3) is 0 Å². The maximum absolute atomic E-state index is 8.81. The maximum Gasteiger partial charge on any atom is 0.141 e. The Labute approximate surface area is 121 Å². The molecule has 1 aliphatic carbocycles. The Morgan fingerprint density at radius 2 is 2.15 bits per heavy atom. The molecule has 0 heterocycles. The zero-order chi connectivity index (χ0) is 14.6. The van der Waals surface area contributed by atoms with Crippen molar-refractivity contribution < 1.29 is 5.21 Å². The molecule has 0 aliphatic heterocycles. The van der Waals surface area contributed by atoms with Crippen molar-refractivity contribution in [3.8, 4) is 0 Å². The van der Waals surface area contributed by atoms with Crippen LogP contribution < -0.4 is 11.1 Å². The van der Waals surface area contributed by atoms with Crippen LogP contribution in [0.15, 0.2) is 35.5 Å². The van der Waals surface area contributed by atoms with Crippen molar-refractivity contribution in [2.24, 2.45) is 16.3 Å². The summed E-state index contributed by atoms with van der Waals surface area (Å²) in [7, 11) is 0. The van der Waals surface area contributed by atoms with E-state index in [1.54, 1.807) is 0 Å². The van der Waals surface area contributed by atoms with Gasteiger partial charge in [-0.15, -0.1) is 0 Å². The lowest BCUT2D eigenvalue weighted by Gasteiger charge is -2.24. The monoisotopic (exact) mass is 275 g/mol. The molecule has 2 atom stereocenters. The summed E-state index contributed by atoms with van der Waals surface area (Å²) in [6.45, 7) is 4.63. The van der Waals surface area contributed by atoms with E-state index in [-0.39, 0.29) is 11.9 Å². The van der Waals surface area contributed by atoms with Crippen LogP contribution in [0.3, 0.4) is 0 Å². The normalized spacial score (nSPS) is 23.7. The lowest BCUT2D eigenvalue weighted by Crippen LogP contribution is -2.34. The largest absolute Gasteiger partial charge is 0.409 e. The molecule has 20 heavy (non-hydrogen) atoms. The molecule has 4 nitrogen and oxygen atoms in total. The average molecular weight is 275 g/mol. The van der Waals surface area contributed by atoms with E-state index in [9.17, 15) is 0 Å². The van der Waals surface area contributed by atoms with E-state index in [0.717, 1.165) is 0 Å². The first-order valence-electron chi connectivity index (χ1n) is 7.27. The highest BCUT2D eigenvalue weighted by Crippen LogP contribution is 2.38. The fourth-order valence-electron chi connectivity index (χ4n) is 3.07. The van der Waals surface area contributed by atoms with Crippen LogP contribution in [0.4, 0.5) is 0 Å². The van der Waals surface area contributed by atoms with E-state index in [0.29, 0.717) is 17.9 Å². The number of amidine groups is 1. The summed E-state index contributed by atoms with van der Waals surface area (Å²) < 4.78 is 0. The molecule has 0 bridgehead atoms. The first-order valence-corrected chi connectivity index (χ1v) is 7.27. The van der Waals surface area contributed by atoms with Crippen molar-refractivity contribution in [1.82, 2.24) is 5.32 Å². The summed E-state index contributed by atoms with van der Waals surface area (Å²) in [6, 6.07) is 10.8. The number of oxime groups is 1. The number of nitrogens with zero attached hydrogens (tertiary/aromatic N) is 1. The van der Waals surface area contributed by atoms with Crippen LogP contribution in [0.2, 0.25) is 0 Å². The van der Waals surface area contributed by atoms with Crippen LogP contribution in [0.1, 0.15) is 51.1 Å². The lowest BCUT2D eigenvalue weighted by atomic mass is 9.91. The molecule has 2 rings (SSSR count). The quantitative estimate of drug-likeness (QED) is 0.335. The van der Waals surface area contributed by atoms with Crippen molar-refractivity contribution in [3.63, 3.8) is 0 Å². The summed E-state index contributed by atoms with van der Waals surface area (Å²) in [6.07, 6.45) is 4.13. The van der Waals surface area contributed by atoms with Crippen molar-refractivity contribution in [2.45, 2.75) is 51.6 Å². The zero-order valence-electron chi connectivity index (χ0n) is 12.3. The second kappa shape index (κ2) is 6.27. The SMILES string of the molecule is CC1(C)CCC(NC(C/C(N)=N/O)c2ccccc2)C1. The first kappa shape index (κ1) is 14.9. The minimum Gasteiger partial charge on any atom is -0.409 e. The Kier molecular flexibility index (Phi) is 4.65. The molecule has 110 valence electrons. The molecule has 1 saturated carbocycles. The summed E-state index contributed by atoms with van der Waals surface area (Å²) >= 11 is 0. The van der Waals surface area contributed by atoms with Crippen molar-refractivity contribution in [1.29, 1.82) is 0 Å². The fourth-order valence-corrected chi connectivity index (χ4v) is 3.07. The standard InChI is InChI=1S/C16H25N3O/c1-16(2)9-8-13(11-16)18-14(10-15(17)19-20)12-6-4-3-5-7-12/h3-7,13-14,18,20H,8-11H2,1-2H3,(H2,17,19). The highest BCUT2D eigenvalue weighted by molar-refractivity contribution is 5.80. The van der Waals surface area contributed by atoms with E-state index < -0.39 is 0 Å². The van der Waals surface area contributed by atoms with Crippen LogP contribution >= 0.6 is 0 Å². The van der Waals surface area contributed by atoms with Crippen LogP contribution in [0.5, 0.6) is 0 Å². The second-order valence-corrected chi connectivity index (χ2v) is 6.53. The third-order valence-corrected chi connectivity index (χ3v) is 4.15. The number of hydrogen-bond acceptors (Lipinski definition) is 3. The Bertz CT molecular complexity index is 456. The topological polar surface area (TPSA) is 70.6 Å². The van der Waals surface area contributed by atoms with Crippen LogP contribution in [-0.2, 0) is 0 Å². The van der Waals surface area contributed by atoms with Crippen LogP contribution in [-0.4, -0.2) is 17.1 Å². The number of nitrogens with two attached hydrogens (primary N) is 1. The van der Waals surface area contributed by atoms with Gasteiger partial charge in [-0.25, -0.2) is 0 Å². The van der Waals surface area contributed by atoms with E-state index in [1.807, 2.05) is 18.2 Å². The number of rotatable bonds is 5. The summed E-state index contributed by atoms with van der Waals surface area (Å²) in [5, 5.41) is 15.6. The van der Waals surface area contributed by atoms with Gasteiger partial charge < -0.3 is 16.3 Å². The Morgan fingerprint density at radius 1 is 1.45 bits per heavy atom. The van der Waals surface area contributed by atoms with Crippen molar-refractivity contribution in [3.05, 3.63) is 35.9 Å². The molecule has 1 aromatic rings. The minimum absolute atomic E-state index is 0.103. The molecule has 1 aromatic carbocycles. The molecule has 0 spiro atoms. The molecule has 2 unspecified atom stereocenters. The van der Waals surface area contributed by atoms with Gasteiger partial charge in [0, 0.05) is 18.5 Å². The number of benzene rings is 1. The highest BCUT2D eigenvalue weighted by atomic mass is 16.4. The Morgan fingerprint density at radius 3 is 2.70 bits per heavy atom. The van der Waals surface area contributed by atoms with Crippen molar-refractivity contribution >= 4 is 5.84 Å². The highest BCUT2D eigenvalue weighted by Gasteiger charge is 2.32. The van der Waals surface area contributed by atoms with Gasteiger partial charge in [0.1, 0.15) is 5.84 Å². The Balaban J connectivity index is 2.07. The van der Waals surface area contributed by atoms with Gasteiger partial charge in [0.15, 0.2) is 0 Å². The van der Waals surface area contributed by atoms with E-state index in [1.165, 1.54) is 24.8 Å². The molecule has 4 heteroatoms. The average Bonchev–Trinajstić information content (AvgIpc) is 2.78. The third-order valence-electron chi connectivity index (χ3n) is 4.15.